The van der Waals surface area contributed by atoms with Crippen LogP contribution in [0.3, 0.4) is 0 Å². The minimum atomic E-state index is -0.413. The molecule has 3 nitrogen and oxygen atoms in total. The monoisotopic (exact) mass is 374 g/mol. The predicted octanol–water partition coefficient (Wildman–Crippen LogP) is 3.54. The molecule has 0 spiro atoms. The number of rotatable bonds is 4. The van der Waals surface area contributed by atoms with Crippen LogP contribution in [0.5, 0.6) is 5.75 Å². The summed E-state index contributed by atoms with van der Waals surface area (Å²) >= 11 is 13.7. The van der Waals surface area contributed by atoms with Crippen LogP contribution in [0.2, 0.25) is 10.0 Å². The lowest BCUT2D eigenvalue weighted by Crippen LogP contribution is -2.14. The van der Waals surface area contributed by atoms with E-state index in [0.717, 1.165) is 3.57 Å². The molecule has 0 bridgehead atoms. The predicted molar refractivity (Wildman–Crippen MR) is 71.3 cm³/mol. The molecule has 0 aliphatic carbocycles. The molecule has 1 aromatic carbocycles. The molecule has 16 heavy (non-hydrogen) atoms. The van der Waals surface area contributed by atoms with Crippen molar-refractivity contribution in [2.24, 2.45) is 0 Å². The average molecular weight is 375 g/mol. The van der Waals surface area contributed by atoms with Crippen LogP contribution in [0, 0.1) is 3.57 Å². The van der Waals surface area contributed by atoms with Crippen LogP contribution in [-0.2, 0) is 9.53 Å². The maximum Gasteiger partial charge on any atom is 0.344 e. The molecule has 1 rings (SSSR count). The number of benzene rings is 1. The van der Waals surface area contributed by atoms with Crippen molar-refractivity contribution in [1.29, 1.82) is 0 Å². The van der Waals surface area contributed by atoms with Gasteiger partial charge in [-0.3, -0.25) is 0 Å². The van der Waals surface area contributed by atoms with E-state index in [-0.39, 0.29) is 6.61 Å². The molecule has 88 valence electrons. The Morgan fingerprint density at radius 2 is 2.00 bits per heavy atom. The summed E-state index contributed by atoms with van der Waals surface area (Å²) in [6.07, 6.45) is 0. The maximum absolute atomic E-state index is 11.1. The minimum absolute atomic E-state index is 0.137. The summed E-state index contributed by atoms with van der Waals surface area (Å²) in [7, 11) is 0. The smallest absolute Gasteiger partial charge is 0.344 e. The molecule has 1 aromatic rings. The first-order valence-electron chi connectivity index (χ1n) is 4.47. The van der Waals surface area contributed by atoms with E-state index in [1.807, 2.05) is 0 Å². The van der Waals surface area contributed by atoms with Gasteiger partial charge in [0.2, 0.25) is 0 Å². The van der Waals surface area contributed by atoms with E-state index in [1.165, 1.54) is 0 Å². The van der Waals surface area contributed by atoms with Crippen LogP contribution >= 0.6 is 45.8 Å². The fraction of sp³-hybridized carbons (Fsp3) is 0.300. The Morgan fingerprint density at radius 3 is 2.62 bits per heavy atom. The Kier molecular flexibility index (Phi) is 5.64. The van der Waals surface area contributed by atoms with E-state index in [2.05, 4.69) is 22.6 Å². The highest BCUT2D eigenvalue weighted by atomic mass is 127. The lowest BCUT2D eigenvalue weighted by molar-refractivity contribution is -0.145. The molecule has 0 saturated carbocycles. The zero-order chi connectivity index (χ0) is 12.1. The van der Waals surface area contributed by atoms with Crippen molar-refractivity contribution in [3.8, 4) is 5.75 Å². The second-order valence-electron chi connectivity index (χ2n) is 2.79. The van der Waals surface area contributed by atoms with Crippen LogP contribution in [0.4, 0.5) is 0 Å². The first-order chi connectivity index (χ1) is 7.54. The standard InChI is InChI=1S/C10H9Cl2IO3/c1-2-15-10(14)5-16-9-4-7(12)6(11)3-8(9)13/h3-4H,2,5H2,1H3. The Morgan fingerprint density at radius 1 is 1.38 bits per heavy atom. The normalized spacial score (nSPS) is 10.0. The summed E-state index contributed by atoms with van der Waals surface area (Å²) in [5.74, 6) is 0.104. The number of halogens is 3. The molecule has 0 heterocycles. The summed E-state index contributed by atoms with van der Waals surface area (Å²) in [4.78, 5) is 11.1. The summed E-state index contributed by atoms with van der Waals surface area (Å²) in [6.45, 7) is 1.93. The van der Waals surface area contributed by atoms with Crippen molar-refractivity contribution >= 4 is 51.8 Å². The zero-order valence-corrected chi connectivity index (χ0v) is 12.1. The van der Waals surface area contributed by atoms with E-state index in [1.54, 1.807) is 19.1 Å². The third kappa shape index (κ3) is 3.99. The van der Waals surface area contributed by atoms with Crippen LogP contribution < -0.4 is 4.74 Å². The maximum atomic E-state index is 11.1. The van der Waals surface area contributed by atoms with Gasteiger partial charge in [0, 0.05) is 6.07 Å². The summed E-state index contributed by atoms with van der Waals surface area (Å²) in [5, 5.41) is 0.843. The van der Waals surface area contributed by atoms with Gasteiger partial charge in [-0.15, -0.1) is 0 Å². The molecular weight excluding hydrogens is 366 g/mol. The molecule has 0 aliphatic rings. The Labute approximate surface area is 117 Å². The van der Waals surface area contributed by atoms with Crippen molar-refractivity contribution in [2.75, 3.05) is 13.2 Å². The van der Waals surface area contributed by atoms with Gasteiger partial charge in [0.05, 0.1) is 20.2 Å². The molecule has 0 fully saturated rings. The van der Waals surface area contributed by atoms with Gasteiger partial charge in [0.25, 0.3) is 0 Å². The molecule has 0 atom stereocenters. The van der Waals surface area contributed by atoms with Crippen LogP contribution in [0.15, 0.2) is 12.1 Å². The van der Waals surface area contributed by atoms with Crippen LogP contribution in [-0.4, -0.2) is 19.2 Å². The molecule has 0 radical (unpaired) electrons. The number of ether oxygens (including phenoxy) is 2. The largest absolute Gasteiger partial charge is 0.481 e. The molecule has 0 amide bonds. The second kappa shape index (κ2) is 6.51. The highest BCUT2D eigenvalue weighted by molar-refractivity contribution is 14.1. The lowest BCUT2D eigenvalue weighted by Gasteiger charge is -2.08. The van der Waals surface area contributed by atoms with Gasteiger partial charge >= 0.3 is 5.97 Å². The molecule has 0 unspecified atom stereocenters. The van der Waals surface area contributed by atoms with Crippen molar-refractivity contribution < 1.29 is 14.3 Å². The van der Waals surface area contributed by atoms with Crippen LogP contribution in [0.25, 0.3) is 0 Å². The van der Waals surface area contributed by atoms with Gasteiger partial charge in [0.15, 0.2) is 6.61 Å². The van der Waals surface area contributed by atoms with Crippen molar-refractivity contribution in [3.05, 3.63) is 25.7 Å². The highest BCUT2D eigenvalue weighted by Crippen LogP contribution is 2.31. The molecular formula is C10H9Cl2IO3. The SMILES string of the molecule is CCOC(=O)COc1cc(Cl)c(Cl)cc1I. The fourth-order valence-electron chi connectivity index (χ4n) is 0.954. The molecule has 6 heteroatoms. The lowest BCUT2D eigenvalue weighted by atomic mass is 10.3. The van der Waals surface area contributed by atoms with Gasteiger partial charge in [-0.25, -0.2) is 4.79 Å². The second-order valence-corrected chi connectivity index (χ2v) is 4.77. The molecule has 0 N–H and O–H groups in total. The first-order valence-corrected chi connectivity index (χ1v) is 6.31. The molecule has 0 aliphatic heterocycles. The zero-order valence-electron chi connectivity index (χ0n) is 8.43. The summed E-state index contributed by atoms with van der Waals surface area (Å²) < 4.78 is 10.8. The van der Waals surface area contributed by atoms with E-state index in [0.29, 0.717) is 22.4 Å². The third-order valence-electron chi connectivity index (χ3n) is 1.63. The van der Waals surface area contributed by atoms with Crippen molar-refractivity contribution in [2.45, 2.75) is 6.92 Å². The molecule has 0 aromatic heterocycles. The van der Waals surface area contributed by atoms with Crippen LogP contribution in [0.1, 0.15) is 6.92 Å². The Balaban J connectivity index is 2.67. The van der Waals surface area contributed by atoms with Gasteiger partial charge in [-0.1, -0.05) is 23.2 Å². The Hall–Kier alpha value is -0.200. The van der Waals surface area contributed by atoms with Crippen molar-refractivity contribution in [3.63, 3.8) is 0 Å². The number of carbonyl (C=O) groups is 1. The van der Waals surface area contributed by atoms with Gasteiger partial charge in [-0.05, 0) is 35.6 Å². The fourth-order valence-corrected chi connectivity index (χ4v) is 2.08. The average Bonchev–Trinajstić information content (AvgIpc) is 2.22. The van der Waals surface area contributed by atoms with Gasteiger partial charge < -0.3 is 9.47 Å². The van der Waals surface area contributed by atoms with Gasteiger partial charge in [0.1, 0.15) is 5.75 Å². The topological polar surface area (TPSA) is 35.5 Å². The Bertz CT molecular complexity index is 396. The van der Waals surface area contributed by atoms with Gasteiger partial charge in [-0.2, -0.15) is 0 Å². The number of esters is 1. The quantitative estimate of drug-likeness (QED) is 0.459. The number of carbonyl (C=O) groups excluding carboxylic acids is 1. The third-order valence-corrected chi connectivity index (χ3v) is 3.19. The summed E-state index contributed by atoms with van der Waals surface area (Å²) in [6, 6.07) is 3.25. The number of hydrogen-bond acceptors (Lipinski definition) is 3. The molecule has 0 saturated heterocycles. The van der Waals surface area contributed by atoms with E-state index in [4.69, 9.17) is 32.7 Å². The van der Waals surface area contributed by atoms with E-state index >= 15 is 0 Å². The highest BCUT2D eigenvalue weighted by Gasteiger charge is 2.09. The van der Waals surface area contributed by atoms with Crippen molar-refractivity contribution in [1.82, 2.24) is 0 Å². The first kappa shape index (κ1) is 13.9. The number of hydrogen-bond donors (Lipinski definition) is 0. The van der Waals surface area contributed by atoms with E-state index < -0.39 is 5.97 Å². The summed E-state index contributed by atoms with van der Waals surface area (Å²) in [5.41, 5.74) is 0. The van der Waals surface area contributed by atoms with E-state index in [9.17, 15) is 4.79 Å². The minimum Gasteiger partial charge on any atom is -0.481 e.